The maximum absolute atomic E-state index is 12.8. The summed E-state index contributed by atoms with van der Waals surface area (Å²) in [5.74, 6) is 0. The van der Waals surface area contributed by atoms with Crippen molar-refractivity contribution in [3.05, 3.63) is 0 Å². The first-order valence-corrected chi connectivity index (χ1v) is 24.4. The molecule has 16 nitrogen and oxygen atoms in total. The van der Waals surface area contributed by atoms with Gasteiger partial charge in [-0.15, -0.1) is 0 Å². The number of aliphatic hydroxyl groups excluding tert-OH is 2. The molecular formula is C39H81B4O16P2+. The highest BCUT2D eigenvalue weighted by molar-refractivity contribution is 7.60. The second kappa shape index (κ2) is 32.1. The standard InChI is InChI=1S/C17H31B2O7P.2C8H15BO3.C4H12O3P.2CH4/c1-10(2)21-8-14-13(7-17(19)24-14)26-27(5,20)22-9-15-12(23-11(3)4)6-16(18)25-15;1-5(2)11-4-7-6(10)3-8(9)12-7;1-5(2)11-6-3-8(9)12-7(6)4-10;1-5-8(4,6-2)7-3;;/h10-17H,6-9H2,1-5H3;2*5-8,10H,3-4H2,1-2H3;1-4H3;2*1H4/q;;;+1;;/t12?,13?,14-,15-,16-,17-,27?;2*6?,7-,8-;;;/m111.../s1. The summed E-state index contributed by atoms with van der Waals surface area (Å²) in [6.07, 6.45) is 0.137. The van der Waals surface area contributed by atoms with Gasteiger partial charge >= 0.3 is 15.5 Å². The fraction of sp³-hybridized carbons (Fsp3) is 1.00. The minimum atomic E-state index is -3.35. The third-order valence-electron chi connectivity index (χ3n) is 9.00. The molecule has 4 aliphatic heterocycles. The second-order valence-electron chi connectivity index (χ2n) is 15.8. The molecule has 13 atom stereocenters. The second-order valence-corrected chi connectivity index (χ2v) is 20.4. The van der Waals surface area contributed by atoms with Gasteiger partial charge in [0.05, 0.1) is 96.6 Å². The maximum atomic E-state index is 12.8. The molecule has 22 heteroatoms. The molecule has 8 radical (unpaired) electrons. The molecule has 2 N–H and O–H groups in total. The Morgan fingerprint density at radius 3 is 1.33 bits per heavy atom. The Hall–Kier alpha value is 0.320. The van der Waals surface area contributed by atoms with Gasteiger partial charge in [-0.3, -0.25) is 4.57 Å². The lowest BCUT2D eigenvalue weighted by molar-refractivity contribution is -0.0603. The lowest BCUT2D eigenvalue weighted by atomic mass is 9.96. The van der Waals surface area contributed by atoms with E-state index in [9.17, 15) is 9.67 Å². The summed E-state index contributed by atoms with van der Waals surface area (Å²) in [6.45, 7) is 19.6. The van der Waals surface area contributed by atoms with Crippen LogP contribution in [0.1, 0.15) is 95.9 Å². The molecule has 5 unspecified atom stereocenters. The monoisotopic (exact) mass is 912 g/mol. The smallest absolute Gasteiger partial charge is 0.394 e. The van der Waals surface area contributed by atoms with E-state index in [1.54, 1.807) is 28.0 Å². The summed E-state index contributed by atoms with van der Waals surface area (Å²) in [5.41, 5.74) is 0. The molecule has 4 heterocycles. The van der Waals surface area contributed by atoms with Gasteiger partial charge in [-0.25, -0.2) is 0 Å². The topological polar surface area (TPSA) is 178 Å². The number of ether oxygens (including phenoxy) is 8. The number of hydrogen-bond acceptors (Lipinski definition) is 16. The molecule has 4 rings (SSSR count). The molecule has 4 aliphatic rings. The first kappa shape index (κ1) is 63.4. The fourth-order valence-corrected chi connectivity index (χ4v) is 7.63. The van der Waals surface area contributed by atoms with Crippen molar-refractivity contribution in [2.45, 2.75) is 193 Å². The van der Waals surface area contributed by atoms with Crippen LogP contribution < -0.4 is 0 Å². The van der Waals surface area contributed by atoms with Gasteiger partial charge in [0.1, 0.15) is 62.5 Å². The summed E-state index contributed by atoms with van der Waals surface area (Å²) < 4.78 is 82.8. The Morgan fingerprint density at radius 1 is 0.607 bits per heavy atom. The molecule has 4 fully saturated rings. The molecule has 0 spiro atoms. The Labute approximate surface area is 375 Å². The van der Waals surface area contributed by atoms with E-state index in [0.29, 0.717) is 38.9 Å². The molecule has 0 aromatic rings. The summed E-state index contributed by atoms with van der Waals surface area (Å²) in [4.78, 5) is 0. The normalized spacial score (nSPS) is 32.0. The average molecular weight is 911 g/mol. The highest BCUT2D eigenvalue weighted by Gasteiger charge is 2.40. The lowest BCUT2D eigenvalue weighted by Gasteiger charge is -2.26. The van der Waals surface area contributed by atoms with Crippen molar-refractivity contribution >= 4 is 46.9 Å². The van der Waals surface area contributed by atoms with Crippen LogP contribution in [0.3, 0.4) is 0 Å². The summed E-state index contributed by atoms with van der Waals surface area (Å²) in [6, 6.07) is -1.51. The van der Waals surface area contributed by atoms with E-state index in [0.717, 1.165) is 0 Å². The first-order valence-electron chi connectivity index (χ1n) is 20.4. The predicted octanol–water partition coefficient (Wildman–Crippen LogP) is 4.70. The zero-order chi connectivity index (χ0) is 45.1. The van der Waals surface area contributed by atoms with Crippen molar-refractivity contribution < 1.29 is 75.3 Å². The van der Waals surface area contributed by atoms with Gasteiger partial charge < -0.3 is 57.2 Å². The molecule has 0 saturated carbocycles. The van der Waals surface area contributed by atoms with E-state index in [-0.39, 0.29) is 101 Å². The highest BCUT2D eigenvalue weighted by atomic mass is 31.2. The first-order chi connectivity index (χ1) is 27.5. The van der Waals surface area contributed by atoms with E-state index in [1.807, 2.05) is 55.4 Å². The summed E-state index contributed by atoms with van der Waals surface area (Å²) >= 11 is 0. The molecule has 0 aliphatic carbocycles. The Morgan fingerprint density at radius 2 is 0.967 bits per heavy atom. The van der Waals surface area contributed by atoms with E-state index >= 15 is 0 Å². The summed E-state index contributed by atoms with van der Waals surface area (Å²) in [5, 5.41) is 18.3. The van der Waals surface area contributed by atoms with Gasteiger partial charge in [0.15, 0.2) is 0 Å². The van der Waals surface area contributed by atoms with Gasteiger partial charge in [0.2, 0.25) is 0 Å². The third-order valence-corrected chi connectivity index (χ3v) is 12.3. The van der Waals surface area contributed by atoms with Crippen molar-refractivity contribution in [3.63, 3.8) is 0 Å². The zero-order valence-corrected chi connectivity index (χ0v) is 39.5. The van der Waals surface area contributed by atoms with Crippen molar-refractivity contribution in [1.29, 1.82) is 0 Å². The van der Waals surface area contributed by atoms with Crippen molar-refractivity contribution in [3.8, 4) is 0 Å². The maximum Gasteiger partial charge on any atom is 0.407 e. The van der Waals surface area contributed by atoms with Crippen LogP contribution in [0.15, 0.2) is 0 Å². The van der Waals surface area contributed by atoms with E-state index in [2.05, 4.69) is 0 Å². The van der Waals surface area contributed by atoms with Crippen LogP contribution in [-0.4, -0.2) is 200 Å². The highest BCUT2D eigenvalue weighted by Crippen LogP contribution is 2.56. The largest absolute Gasteiger partial charge is 0.407 e. The molecule has 0 aromatic heterocycles. The van der Waals surface area contributed by atoms with Gasteiger partial charge in [0.25, 0.3) is 0 Å². The van der Waals surface area contributed by atoms with Crippen LogP contribution in [0.2, 0.25) is 0 Å². The fourth-order valence-electron chi connectivity index (χ4n) is 5.99. The number of rotatable bonds is 19. The molecule has 4 saturated heterocycles. The molecule has 0 amide bonds. The lowest BCUT2D eigenvalue weighted by Crippen LogP contribution is -2.32. The van der Waals surface area contributed by atoms with Crippen LogP contribution in [0.25, 0.3) is 0 Å². The van der Waals surface area contributed by atoms with Crippen molar-refractivity contribution in [1.82, 2.24) is 0 Å². The average Bonchev–Trinajstić information content (AvgIpc) is 3.88. The van der Waals surface area contributed by atoms with Crippen LogP contribution in [0.4, 0.5) is 0 Å². The predicted molar refractivity (Wildman–Crippen MR) is 243 cm³/mol. The van der Waals surface area contributed by atoms with Crippen LogP contribution in [0.5, 0.6) is 0 Å². The van der Waals surface area contributed by atoms with E-state index in [1.165, 1.54) is 6.66 Å². The van der Waals surface area contributed by atoms with Gasteiger partial charge in [0, 0.05) is 30.7 Å². The molecule has 61 heavy (non-hydrogen) atoms. The van der Waals surface area contributed by atoms with Gasteiger partial charge in [-0.1, -0.05) is 14.9 Å². The summed E-state index contributed by atoms with van der Waals surface area (Å²) in [7, 11) is 22.2. The molecule has 0 bridgehead atoms. The van der Waals surface area contributed by atoms with E-state index < -0.39 is 39.8 Å². The van der Waals surface area contributed by atoms with Crippen LogP contribution in [0, 0.1) is 0 Å². The van der Waals surface area contributed by atoms with Crippen LogP contribution in [-0.2, 0) is 65.1 Å². The third kappa shape index (κ3) is 26.3. The van der Waals surface area contributed by atoms with Gasteiger partial charge in [-0.2, -0.15) is 13.6 Å². The Kier molecular flexibility index (Phi) is 33.4. The van der Waals surface area contributed by atoms with Crippen molar-refractivity contribution in [2.75, 3.05) is 61.1 Å². The molecule has 354 valence electrons. The van der Waals surface area contributed by atoms with Crippen molar-refractivity contribution in [2.24, 2.45) is 0 Å². The minimum Gasteiger partial charge on any atom is -0.394 e. The van der Waals surface area contributed by atoms with Crippen LogP contribution >= 0.6 is 15.5 Å². The molecular weight excluding hydrogens is 830 g/mol. The minimum absolute atomic E-state index is 0. The molecule has 0 aromatic carbocycles. The number of hydrogen-bond donors (Lipinski definition) is 2. The van der Waals surface area contributed by atoms with Gasteiger partial charge in [-0.05, 0) is 81.1 Å². The van der Waals surface area contributed by atoms with E-state index in [4.69, 9.17) is 97.0 Å². The SMILES string of the molecule is C.C.CO[P+](C)(OC)OC.[B][C@H]1CC(O)[C@@H](COC(C)C)O1.[B][C@H]1CC(OC(C)C)[C@@H](CO)O1.[B][C@H]1CC(OC(C)C)[C@@H](COP(C)(=O)OC2C[C@H]([B])O[C@@H]2COC(C)C)O1. The number of aliphatic hydroxyl groups is 2. The Balaban J connectivity index is 0. The quantitative estimate of drug-likeness (QED) is 0.135. The Bertz CT molecular complexity index is 1140. The zero-order valence-electron chi connectivity index (χ0n) is 37.7.